The van der Waals surface area contributed by atoms with Crippen LogP contribution in [0.2, 0.25) is 0 Å². The lowest BCUT2D eigenvalue weighted by Crippen LogP contribution is -2.05. The average molecular weight is 348 g/mol. The van der Waals surface area contributed by atoms with Gasteiger partial charge in [-0.25, -0.2) is 4.98 Å². The van der Waals surface area contributed by atoms with Crippen LogP contribution in [0.5, 0.6) is 0 Å². The zero-order valence-electron chi connectivity index (χ0n) is 13.9. The number of fused-ring (bicyclic) bond motifs is 2. The number of thioether (sulfide) groups is 1. The average Bonchev–Trinajstić information content (AvgIpc) is 3.02. The van der Waals surface area contributed by atoms with Crippen LogP contribution in [-0.4, -0.2) is 31.1 Å². The van der Waals surface area contributed by atoms with E-state index in [-0.39, 0.29) is 5.78 Å². The van der Waals surface area contributed by atoms with Gasteiger partial charge in [0.1, 0.15) is 0 Å². The third kappa shape index (κ3) is 2.89. The molecular formula is C19H16N4OS. The highest BCUT2D eigenvalue weighted by molar-refractivity contribution is 7.99. The number of benzene rings is 2. The molecular weight excluding hydrogens is 332 g/mol. The van der Waals surface area contributed by atoms with Crippen LogP contribution in [0.4, 0.5) is 0 Å². The molecule has 4 rings (SSSR count). The standard InChI is InChI=1S/C19H16N4OS/c1-12-10-13(2)23-18(20-12)21-22-19(23)25-11-17(24)16-9-5-7-14-6-3-4-8-15(14)16/h3-10H,11H2,1-2H3. The van der Waals surface area contributed by atoms with Crippen molar-refractivity contribution in [3.8, 4) is 0 Å². The quantitative estimate of drug-likeness (QED) is 0.414. The SMILES string of the molecule is Cc1cc(C)n2c(SCC(=O)c3cccc4ccccc34)nnc2n1. The molecule has 0 bridgehead atoms. The zero-order valence-corrected chi connectivity index (χ0v) is 14.7. The molecule has 25 heavy (non-hydrogen) atoms. The Balaban J connectivity index is 1.62. The van der Waals surface area contributed by atoms with Gasteiger partial charge in [-0.3, -0.25) is 9.20 Å². The number of hydrogen-bond donors (Lipinski definition) is 0. The third-order valence-corrected chi connectivity index (χ3v) is 5.01. The van der Waals surface area contributed by atoms with Crippen molar-refractivity contribution in [1.29, 1.82) is 0 Å². The molecule has 0 unspecified atom stereocenters. The predicted molar refractivity (Wildman–Crippen MR) is 99.3 cm³/mol. The number of carbonyl (C=O) groups is 1. The molecule has 0 N–H and O–H groups in total. The van der Waals surface area contributed by atoms with Gasteiger partial charge in [0, 0.05) is 17.0 Å². The van der Waals surface area contributed by atoms with Gasteiger partial charge in [0.05, 0.1) is 5.75 Å². The first-order valence-corrected chi connectivity index (χ1v) is 8.95. The van der Waals surface area contributed by atoms with Crippen LogP contribution in [0.25, 0.3) is 16.6 Å². The summed E-state index contributed by atoms with van der Waals surface area (Å²) >= 11 is 1.39. The number of carbonyl (C=O) groups excluding carboxylic acids is 1. The first-order chi connectivity index (χ1) is 12.1. The summed E-state index contributed by atoms with van der Waals surface area (Å²) in [5.41, 5.74) is 2.65. The monoisotopic (exact) mass is 348 g/mol. The van der Waals surface area contributed by atoms with Gasteiger partial charge in [-0.05, 0) is 30.7 Å². The minimum Gasteiger partial charge on any atom is -0.293 e. The second-order valence-corrected chi connectivity index (χ2v) is 6.84. The predicted octanol–water partition coefficient (Wildman–Crippen LogP) is 3.87. The van der Waals surface area contributed by atoms with Crippen molar-refractivity contribution < 1.29 is 4.79 Å². The lowest BCUT2D eigenvalue weighted by molar-refractivity contribution is 0.102. The van der Waals surface area contributed by atoms with Crippen LogP contribution in [0.3, 0.4) is 0 Å². The van der Waals surface area contributed by atoms with E-state index in [4.69, 9.17) is 0 Å². The molecule has 124 valence electrons. The Morgan fingerprint density at radius 1 is 1.08 bits per heavy atom. The Morgan fingerprint density at radius 2 is 1.88 bits per heavy atom. The number of nitrogens with zero attached hydrogens (tertiary/aromatic N) is 4. The summed E-state index contributed by atoms with van der Waals surface area (Å²) in [6.45, 7) is 3.92. The van der Waals surface area contributed by atoms with Gasteiger partial charge in [0.25, 0.3) is 5.78 Å². The molecule has 2 aromatic heterocycles. The molecule has 0 spiro atoms. The second-order valence-electron chi connectivity index (χ2n) is 5.90. The van der Waals surface area contributed by atoms with Crippen molar-refractivity contribution in [2.24, 2.45) is 0 Å². The van der Waals surface area contributed by atoms with Crippen LogP contribution >= 0.6 is 11.8 Å². The fraction of sp³-hybridized carbons (Fsp3) is 0.158. The number of aryl methyl sites for hydroxylation is 2. The molecule has 0 radical (unpaired) electrons. The van der Waals surface area contributed by atoms with Crippen LogP contribution < -0.4 is 0 Å². The number of Topliss-reactive ketones (excluding diaryl/α,β-unsaturated/α-hetero) is 1. The van der Waals surface area contributed by atoms with Crippen molar-refractivity contribution in [3.63, 3.8) is 0 Å². The fourth-order valence-corrected chi connectivity index (χ4v) is 3.84. The van der Waals surface area contributed by atoms with Gasteiger partial charge in [-0.15, -0.1) is 10.2 Å². The molecule has 2 heterocycles. The Bertz CT molecular complexity index is 1100. The van der Waals surface area contributed by atoms with Crippen molar-refractivity contribution in [3.05, 3.63) is 65.5 Å². The van der Waals surface area contributed by atoms with Gasteiger partial charge in [-0.1, -0.05) is 54.2 Å². The third-order valence-electron chi connectivity index (χ3n) is 4.09. The maximum absolute atomic E-state index is 12.7. The summed E-state index contributed by atoms with van der Waals surface area (Å²) in [6, 6.07) is 15.7. The van der Waals surface area contributed by atoms with Crippen molar-refractivity contribution in [2.75, 3.05) is 5.75 Å². The van der Waals surface area contributed by atoms with E-state index < -0.39 is 0 Å². The summed E-state index contributed by atoms with van der Waals surface area (Å²) in [5, 5.41) is 11.0. The summed E-state index contributed by atoms with van der Waals surface area (Å²) < 4.78 is 1.88. The highest BCUT2D eigenvalue weighted by Gasteiger charge is 2.14. The molecule has 5 nitrogen and oxygen atoms in total. The van der Waals surface area contributed by atoms with E-state index in [1.54, 1.807) is 0 Å². The molecule has 4 aromatic rings. The number of aromatic nitrogens is 4. The maximum Gasteiger partial charge on any atom is 0.256 e. The topological polar surface area (TPSA) is 60.2 Å². The molecule has 0 fully saturated rings. The van der Waals surface area contributed by atoms with Crippen LogP contribution in [0.15, 0.2) is 53.7 Å². The number of rotatable bonds is 4. The van der Waals surface area contributed by atoms with E-state index in [1.807, 2.05) is 66.8 Å². The van der Waals surface area contributed by atoms with E-state index in [0.29, 0.717) is 16.7 Å². The lowest BCUT2D eigenvalue weighted by Gasteiger charge is -2.06. The van der Waals surface area contributed by atoms with Gasteiger partial charge in [0.2, 0.25) is 0 Å². The van der Waals surface area contributed by atoms with Crippen molar-refractivity contribution in [1.82, 2.24) is 19.6 Å². The maximum atomic E-state index is 12.7. The molecule has 6 heteroatoms. The molecule has 0 aliphatic rings. The summed E-state index contributed by atoms with van der Waals surface area (Å²) in [5.74, 6) is 0.955. The second kappa shape index (κ2) is 6.29. The van der Waals surface area contributed by atoms with E-state index in [0.717, 1.165) is 27.7 Å². The highest BCUT2D eigenvalue weighted by atomic mass is 32.2. The molecule has 0 atom stereocenters. The fourth-order valence-electron chi connectivity index (χ4n) is 2.97. The largest absolute Gasteiger partial charge is 0.293 e. The van der Waals surface area contributed by atoms with Gasteiger partial charge in [-0.2, -0.15) is 0 Å². The Labute approximate surface area is 149 Å². The van der Waals surface area contributed by atoms with Crippen LogP contribution in [0, 0.1) is 13.8 Å². The highest BCUT2D eigenvalue weighted by Crippen LogP contribution is 2.23. The smallest absolute Gasteiger partial charge is 0.256 e. The number of hydrogen-bond acceptors (Lipinski definition) is 5. The molecule has 0 aliphatic carbocycles. The summed E-state index contributed by atoms with van der Waals surface area (Å²) in [7, 11) is 0. The van der Waals surface area contributed by atoms with Gasteiger partial charge in [0.15, 0.2) is 10.9 Å². The summed E-state index contributed by atoms with van der Waals surface area (Å²) in [6.07, 6.45) is 0. The molecule has 0 amide bonds. The number of ketones is 1. The minimum absolute atomic E-state index is 0.0799. The first-order valence-electron chi connectivity index (χ1n) is 7.96. The van der Waals surface area contributed by atoms with Crippen molar-refractivity contribution in [2.45, 2.75) is 19.0 Å². The summed E-state index contributed by atoms with van der Waals surface area (Å²) in [4.78, 5) is 17.1. The van der Waals surface area contributed by atoms with E-state index in [9.17, 15) is 4.79 Å². The molecule has 0 saturated carbocycles. The first kappa shape index (κ1) is 15.8. The van der Waals surface area contributed by atoms with Crippen LogP contribution in [-0.2, 0) is 0 Å². The van der Waals surface area contributed by atoms with Crippen LogP contribution in [0.1, 0.15) is 21.7 Å². The molecule has 2 aromatic carbocycles. The van der Waals surface area contributed by atoms with E-state index >= 15 is 0 Å². The molecule has 0 aliphatic heterocycles. The van der Waals surface area contributed by atoms with Gasteiger partial charge < -0.3 is 0 Å². The van der Waals surface area contributed by atoms with E-state index in [1.165, 1.54) is 11.8 Å². The van der Waals surface area contributed by atoms with Crippen molar-refractivity contribution >= 4 is 34.1 Å². The Morgan fingerprint density at radius 3 is 2.76 bits per heavy atom. The molecule has 0 saturated heterocycles. The minimum atomic E-state index is 0.0799. The Kier molecular flexibility index (Phi) is 3.97. The van der Waals surface area contributed by atoms with E-state index in [2.05, 4.69) is 15.2 Å². The van der Waals surface area contributed by atoms with Gasteiger partial charge >= 0.3 is 0 Å². The zero-order chi connectivity index (χ0) is 17.4. The Hall–Kier alpha value is -2.73. The normalized spacial score (nSPS) is 11.3. The lowest BCUT2D eigenvalue weighted by atomic mass is 10.0.